The normalized spacial score (nSPS) is 10.9. The number of rotatable bonds is 21. The SMILES string of the molecule is c1ccc(-c2ccc(-c3cc(-c4ccc(-c5ncccn5)cc4)cc(-c4nc(-c5ccccc5)nc(-c5ccccc5)n4)c3)cc2)cc1.c1ccc(-c2nc(-c3ccccc3)nc(-c3cc(-c4ccc(-c5ccccn5)cc4)cc(-c4ccc(-c5ncccn5)cc4)c3)n2)cc1.c1ccc(-c2nc(-c3ccccc3)nc(-c3cc(-c4ccc(-c5ccncc5)cc4)cc(-c4ccc(-c5ccncc5)cc4)c3)n2)cc1. The minimum Gasteiger partial charge on any atom is -0.265 e. The number of aromatic nitrogens is 16. The molecule has 0 spiro atoms. The zero-order chi connectivity index (χ0) is 96.4. The van der Waals surface area contributed by atoms with Crippen LogP contribution in [0.25, 0.3) is 237 Å². The Morgan fingerprint density at radius 2 is 0.250 bits per heavy atom. The van der Waals surface area contributed by atoms with E-state index in [9.17, 15) is 0 Å². The molecule has 0 amide bonds. The van der Waals surface area contributed by atoms with E-state index in [0.29, 0.717) is 64.1 Å². The Kier molecular flexibility index (Phi) is 26.3. The zero-order valence-electron chi connectivity index (χ0n) is 77.8. The van der Waals surface area contributed by atoms with Crippen molar-refractivity contribution in [3.8, 4) is 237 Å². The largest absolute Gasteiger partial charge is 0.265 e. The summed E-state index contributed by atoms with van der Waals surface area (Å²) in [6.45, 7) is 0. The summed E-state index contributed by atoms with van der Waals surface area (Å²) in [5.74, 6) is 7.00. The van der Waals surface area contributed by atoms with Gasteiger partial charge in [0.15, 0.2) is 64.1 Å². The van der Waals surface area contributed by atoms with Crippen molar-refractivity contribution in [3.63, 3.8) is 0 Å². The molecular weight excluding hydrogens is 1760 g/mol. The maximum atomic E-state index is 5.04. The average Bonchev–Trinajstić information content (AvgIpc) is 0.785. The summed E-state index contributed by atoms with van der Waals surface area (Å²) in [5, 5.41) is 0. The van der Waals surface area contributed by atoms with Gasteiger partial charge in [-0.1, -0.05) is 364 Å². The molecule has 0 atom stereocenters. The van der Waals surface area contributed by atoms with Gasteiger partial charge in [-0.3, -0.25) is 15.0 Å². The Hall–Kier alpha value is -19.8. The van der Waals surface area contributed by atoms with Gasteiger partial charge in [0.2, 0.25) is 0 Å². The summed E-state index contributed by atoms with van der Waals surface area (Å²) in [7, 11) is 0. The average molecular weight is 1850 g/mol. The molecular formula is C128H86N16. The first-order valence-corrected chi connectivity index (χ1v) is 47.3. The summed E-state index contributed by atoms with van der Waals surface area (Å²) >= 11 is 0. The molecule has 0 radical (unpaired) electrons. The minimum atomic E-state index is 0.602. The molecule has 24 rings (SSSR count). The summed E-state index contributed by atoms with van der Waals surface area (Å²) in [6, 6.07) is 159. The van der Waals surface area contributed by atoms with Crippen LogP contribution in [-0.4, -0.2) is 79.7 Å². The van der Waals surface area contributed by atoms with E-state index in [-0.39, 0.29) is 0 Å². The fourth-order valence-corrected chi connectivity index (χ4v) is 17.3. The van der Waals surface area contributed by atoms with Crippen molar-refractivity contribution in [1.82, 2.24) is 79.7 Å². The summed E-state index contributed by atoms with van der Waals surface area (Å²) < 4.78 is 0. The molecule has 0 aliphatic carbocycles. The van der Waals surface area contributed by atoms with Gasteiger partial charge < -0.3 is 0 Å². The summed E-state index contributed by atoms with van der Waals surface area (Å²) in [5.41, 5.74) is 32.0. The maximum Gasteiger partial charge on any atom is 0.164 e. The Morgan fingerprint density at radius 1 is 0.0903 bits per heavy atom. The fourth-order valence-electron chi connectivity index (χ4n) is 17.3. The molecule has 8 aromatic heterocycles. The molecule has 0 saturated heterocycles. The molecule has 678 valence electrons. The lowest BCUT2D eigenvalue weighted by molar-refractivity contribution is 1.07. The van der Waals surface area contributed by atoms with E-state index < -0.39 is 0 Å². The van der Waals surface area contributed by atoms with Crippen molar-refractivity contribution in [2.45, 2.75) is 0 Å². The van der Waals surface area contributed by atoms with E-state index in [2.05, 4.69) is 259 Å². The molecule has 16 nitrogen and oxygen atoms in total. The van der Waals surface area contributed by atoms with Crippen molar-refractivity contribution in [2.75, 3.05) is 0 Å². The minimum absolute atomic E-state index is 0.602. The predicted octanol–water partition coefficient (Wildman–Crippen LogP) is 30.4. The fraction of sp³-hybridized carbons (Fsp3) is 0. The van der Waals surface area contributed by atoms with Gasteiger partial charge in [0.05, 0.1) is 5.69 Å². The van der Waals surface area contributed by atoms with Gasteiger partial charge in [0.1, 0.15) is 0 Å². The van der Waals surface area contributed by atoms with Gasteiger partial charge >= 0.3 is 0 Å². The Morgan fingerprint density at radius 3 is 0.472 bits per heavy atom. The van der Waals surface area contributed by atoms with E-state index in [1.807, 2.05) is 274 Å². The lowest BCUT2D eigenvalue weighted by Gasteiger charge is -2.13. The van der Waals surface area contributed by atoms with Crippen LogP contribution in [0, 0.1) is 0 Å². The van der Waals surface area contributed by atoms with Crippen LogP contribution in [0.3, 0.4) is 0 Å². The molecule has 24 aromatic rings. The summed E-state index contributed by atoms with van der Waals surface area (Å²) in [6.07, 6.45) is 16.1. The lowest BCUT2D eigenvalue weighted by atomic mass is 9.94. The maximum absolute atomic E-state index is 5.04. The highest BCUT2D eigenvalue weighted by molar-refractivity contribution is 5.87. The third-order valence-corrected chi connectivity index (χ3v) is 24.7. The second-order valence-corrected chi connectivity index (χ2v) is 34.2. The monoisotopic (exact) mass is 1850 g/mol. The Balaban J connectivity index is 0.000000123. The van der Waals surface area contributed by atoms with Gasteiger partial charge in [0.25, 0.3) is 0 Å². The number of hydrogen-bond acceptors (Lipinski definition) is 16. The quantitative estimate of drug-likeness (QED) is 0.0655. The molecule has 16 aromatic carbocycles. The van der Waals surface area contributed by atoms with Crippen molar-refractivity contribution in [3.05, 3.63) is 523 Å². The molecule has 0 fully saturated rings. The van der Waals surface area contributed by atoms with Crippen LogP contribution >= 0.6 is 0 Å². The molecule has 16 heteroatoms. The third-order valence-electron chi connectivity index (χ3n) is 24.7. The molecule has 0 saturated carbocycles. The van der Waals surface area contributed by atoms with E-state index >= 15 is 0 Å². The first-order valence-electron chi connectivity index (χ1n) is 47.3. The molecule has 0 N–H and O–H groups in total. The molecule has 0 unspecified atom stereocenters. The van der Waals surface area contributed by atoms with Crippen LogP contribution in [0.5, 0.6) is 0 Å². The zero-order valence-corrected chi connectivity index (χ0v) is 77.8. The standard InChI is InChI=1S/2C43H29N5.C42H28N6/c1-4-11-30(12-5-1)31-17-19-32(20-18-31)37-27-38(33-21-23-36(24-22-33)40-44-25-10-26-45-40)29-39(28-37)43-47-41(34-13-6-2-7-14-34)46-42(48-43)35-15-8-3-9-16-35;1-3-7-36(8-4-1)41-46-42(37-9-5-2-6-10-37)48-43(47-41)40-28-38(32-15-11-30(12-16-32)34-19-23-44-24-20-34)27-39(29-40)33-17-13-31(14-18-33)35-21-25-45-26-22-35;1-3-10-32(11-4-1)40-46-41(33-12-5-2-6-13-33)48-42(47-40)37-27-35(29-15-19-31(20-16-29)38-14-7-8-23-43-38)26-36(28-37)30-17-21-34(22-18-30)39-44-24-9-25-45-39/h2*1-29H;1-28H. The highest BCUT2D eigenvalue weighted by atomic mass is 15.1. The van der Waals surface area contributed by atoms with Gasteiger partial charge in [-0.05, 0) is 203 Å². The van der Waals surface area contributed by atoms with Gasteiger partial charge in [-0.25, -0.2) is 64.8 Å². The van der Waals surface area contributed by atoms with Crippen molar-refractivity contribution in [1.29, 1.82) is 0 Å². The van der Waals surface area contributed by atoms with Crippen LogP contribution < -0.4 is 0 Å². The van der Waals surface area contributed by atoms with Crippen molar-refractivity contribution >= 4 is 0 Å². The van der Waals surface area contributed by atoms with Crippen molar-refractivity contribution in [2.24, 2.45) is 0 Å². The summed E-state index contributed by atoms with van der Waals surface area (Å²) in [4.78, 5) is 75.5. The molecule has 144 heavy (non-hydrogen) atoms. The first kappa shape index (κ1) is 89.4. The van der Waals surface area contributed by atoms with Crippen LogP contribution in [0.4, 0.5) is 0 Å². The third kappa shape index (κ3) is 21.0. The van der Waals surface area contributed by atoms with Gasteiger partial charge in [0, 0.05) is 123 Å². The number of nitrogens with zero attached hydrogens (tertiary/aromatic N) is 16. The van der Waals surface area contributed by atoms with Crippen LogP contribution in [0.15, 0.2) is 523 Å². The second-order valence-electron chi connectivity index (χ2n) is 34.2. The Labute approximate surface area is 833 Å². The van der Waals surface area contributed by atoms with E-state index in [4.69, 9.17) is 44.9 Å². The van der Waals surface area contributed by atoms with E-state index in [1.54, 1.807) is 24.8 Å². The highest BCUT2D eigenvalue weighted by Gasteiger charge is 2.22. The molecule has 8 heterocycles. The van der Waals surface area contributed by atoms with Crippen LogP contribution in [-0.2, 0) is 0 Å². The van der Waals surface area contributed by atoms with Gasteiger partial charge in [-0.15, -0.1) is 0 Å². The second kappa shape index (κ2) is 42.4. The smallest absolute Gasteiger partial charge is 0.164 e. The van der Waals surface area contributed by atoms with Gasteiger partial charge in [-0.2, -0.15) is 0 Å². The number of pyridine rings is 3. The Bertz CT molecular complexity index is 7190. The number of hydrogen-bond donors (Lipinski definition) is 0. The van der Waals surface area contributed by atoms with Crippen LogP contribution in [0.2, 0.25) is 0 Å². The van der Waals surface area contributed by atoms with Crippen LogP contribution in [0.1, 0.15) is 0 Å². The molecule has 0 bridgehead atoms. The molecule has 0 aliphatic heterocycles. The lowest BCUT2D eigenvalue weighted by Crippen LogP contribution is -2.00. The molecule has 0 aliphatic rings. The van der Waals surface area contributed by atoms with Crippen molar-refractivity contribution < 1.29 is 0 Å². The first-order chi connectivity index (χ1) is 71.3. The highest BCUT2D eigenvalue weighted by Crippen LogP contribution is 2.41. The predicted molar refractivity (Wildman–Crippen MR) is 578 cm³/mol. The topological polar surface area (TPSA) is 206 Å². The van der Waals surface area contributed by atoms with E-state index in [1.165, 1.54) is 11.1 Å². The van der Waals surface area contributed by atoms with E-state index in [0.717, 1.165) is 161 Å². The number of benzene rings is 16.